The van der Waals surface area contributed by atoms with Crippen molar-refractivity contribution in [2.24, 2.45) is 5.92 Å². The van der Waals surface area contributed by atoms with Crippen LogP contribution in [0.1, 0.15) is 67.2 Å². The molecule has 2 aromatic carbocycles. The third kappa shape index (κ3) is 3.34. The number of hydrogen-bond donors (Lipinski definition) is 1. The van der Waals surface area contributed by atoms with Crippen LogP contribution in [0, 0.1) is 11.3 Å². The molecule has 1 unspecified atom stereocenters. The summed E-state index contributed by atoms with van der Waals surface area (Å²) in [6.45, 7) is 2.23. The summed E-state index contributed by atoms with van der Waals surface area (Å²) >= 11 is 0. The highest BCUT2D eigenvalue weighted by atomic mass is 15.1. The molecule has 2 heteroatoms. The van der Waals surface area contributed by atoms with Crippen LogP contribution in [0.3, 0.4) is 0 Å². The second kappa shape index (κ2) is 7.34. The number of benzene rings is 2. The Labute approximate surface area is 163 Å². The minimum Gasteiger partial charge on any atom is -0.378 e. The molecule has 1 fully saturated rings. The van der Waals surface area contributed by atoms with Gasteiger partial charge in [-0.15, -0.1) is 0 Å². The van der Waals surface area contributed by atoms with E-state index < -0.39 is 0 Å². The van der Waals surface area contributed by atoms with Gasteiger partial charge < -0.3 is 10.3 Å². The van der Waals surface area contributed by atoms with Crippen molar-refractivity contribution in [2.75, 3.05) is 19.0 Å². The molecule has 2 aromatic rings. The van der Waals surface area contributed by atoms with Crippen molar-refractivity contribution in [3.05, 3.63) is 70.3 Å². The lowest BCUT2D eigenvalue weighted by atomic mass is 9.78. The molecule has 1 N–H and O–H groups in total. The lowest BCUT2D eigenvalue weighted by Crippen LogP contribution is -2.21. The molecule has 27 heavy (non-hydrogen) atoms. The third-order valence-electron chi connectivity index (χ3n) is 6.31. The van der Waals surface area contributed by atoms with E-state index >= 15 is 0 Å². The van der Waals surface area contributed by atoms with Crippen LogP contribution in [0.5, 0.6) is 0 Å². The van der Waals surface area contributed by atoms with Gasteiger partial charge in [0.1, 0.15) is 0 Å². The molecule has 2 aliphatic carbocycles. The van der Waals surface area contributed by atoms with Gasteiger partial charge in [-0.05, 0) is 48.6 Å². The monoisotopic (exact) mass is 358 g/mol. The highest BCUT2D eigenvalue weighted by Gasteiger charge is 2.29. The lowest BCUT2D eigenvalue weighted by Gasteiger charge is -2.27. The molecule has 0 aliphatic heterocycles. The van der Waals surface area contributed by atoms with Crippen LogP contribution in [0.4, 0.5) is 5.69 Å². The standard InChI is InChI=1S/C25H30N2/c1-17-15-19-11-7-8-12-21(19)24(17)22-14-13-20(27(2)3)16-23(22)25(26)18-9-5-4-6-10-18/h7-8,11-16,18,24,26H,4-6,9-10H2,1-3H3. The Hall–Kier alpha value is -2.35. The summed E-state index contributed by atoms with van der Waals surface area (Å²) in [6, 6.07) is 15.4. The molecular weight excluding hydrogens is 328 g/mol. The molecule has 0 saturated heterocycles. The first kappa shape index (κ1) is 18.0. The first-order chi connectivity index (χ1) is 13.1. The molecular formula is C25H30N2. The zero-order chi connectivity index (χ0) is 19.0. The third-order valence-corrected chi connectivity index (χ3v) is 6.31. The van der Waals surface area contributed by atoms with Crippen LogP contribution < -0.4 is 4.90 Å². The normalized spacial score (nSPS) is 19.5. The van der Waals surface area contributed by atoms with E-state index in [1.807, 2.05) is 0 Å². The number of hydrogen-bond acceptors (Lipinski definition) is 2. The van der Waals surface area contributed by atoms with Gasteiger partial charge in [-0.25, -0.2) is 0 Å². The molecule has 0 bridgehead atoms. The number of nitrogens with one attached hydrogen (secondary N) is 1. The van der Waals surface area contributed by atoms with Gasteiger partial charge >= 0.3 is 0 Å². The van der Waals surface area contributed by atoms with Gasteiger partial charge in [-0.1, -0.05) is 61.2 Å². The molecule has 0 heterocycles. The first-order valence-electron chi connectivity index (χ1n) is 10.2. The average Bonchev–Trinajstić information content (AvgIpc) is 3.03. The minimum atomic E-state index is 0.274. The lowest BCUT2D eigenvalue weighted by molar-refractivity contribution is 0.438. The van der Waals surface area contributed by atoms with Gasteiger partial charge in [0.05, 0.1) is 0 Å². The predicted octanol–water partition coefficient (Wildman–Crippen LogP) is 6.25. The summed E-state index contributed by atoms with van der Waals surface area (Å²) in [5, 5.41) is 9.08. The molecule has 140 valence electrons. The van der Waals surface area contributed by atoms with Crippen molar-refractivity contribution < 1.29 is 0 Å². The van der Waals surface area contributed by atoms with Gasteiger partial charge in [-0.3, -0.25) is 0 Å². The molecule has 0 radical (unpaired) electrons. The second-order valence-electron chi connectivity index (χ2n) is 8.36. The zero-order valence-electron chi connectivity index (χ0n) is 16.8. The van der Waals surface area contributed by atoms with Crippen molar-refractivity contribution in [1.82, 2.24) is 0 Å². The number of rotatable bonds is 4. The number of allylic oxidation sites excluding steroid dienone is 1. The molecule has 0 aromatic heterocycles. The van der Waals surface area contributed by atoms with Gasteiger partial charge in [0, 0.05) is 42.9 Å². The van der Waals surface area contributed by atoms with Gasteiger partial charge in [0.2, 0.25) is 0 Å². The topological polar surface area (TPSA) is 27.1 Å². The fourth-order valence-electron chi connectivity index (χ4n) is 4.81. The van der Waals surface area contributed by atoms with Crippen LogP contribution in [0.25, 0.3) is 6.08 Å². The van der Waals surface area contributed by atoms with E-state index in [1.54, 1.807) is 0 Å². The molecule has 4 rings (SSSR count). The largest absolute Gasteiger partial charge is 0.378 e. The average molecular weight is 359 g/mol. The van der Waals surface area contributed by atoms with E-state index in [2.05, 4.69) is 74.5 Å². The molecule has 1 saturated carbocycles. The summed E-state index contributed by atoms with van der Waals surface area (Å²) in [7, 11) is 4.16. The Balaban J connectivity index is 1.81. The Bertz CT molecular complexity index is 885. The molecule has 0 amide bonds. The van der Waals surface area contributed by atoms with Crippen molar-refractivity contribution >= 4 is 17.5 Å². The summed E-state index contributed by atoms with van der Waals surface area (Å²) < 4.78 is 0. The van der Waals surface area contributed by atoms with Crippen LogP contribution in [0.15, 0.2) is 48.0 Å². The first-order valence-corrected chi connectivity index (χ1v) is 10.2. The van der Waals surface area contributed by atoms with E-state index in [9.17, 15) is 0 Å². The Morgan fingerprint density at radius 3 is 2.44 bits per heavy atom. The Kier molecular flexibility index (Phi) is 4.90. The van der Waals surface area contributed by atoms with E-state index in [0.29, 0.717) is 5.92 Å². The number of anilines is 1. The van der Waals surface area contributed by atoms with E-state index in [-0.39, 0.29) is 5.92 Å². The molecule has 1 atom stereocenters. The van der Waals surface area contributed by atoms with Gasteiger partial charge in [0.15, 0.2) is 0 Å². The fraction of sp³-hybridized carbons (Fsp3) is 0.400. The van der Waals surface area contributed by atoms with Crippen LogP contribution in [-0.2, 0) is 0 Å². The Morgan fingerprint density at radius 2 is 1.70 bits per heavy atom. The highest BCUT2D eigenvalue weighted by molar-refractivity contribution is 6.02. The minimum absolute atomic E-state index is 0.274. The predicted molar refractivity (Wildman–Crippen MR) is 116 cm³/mol. The van der Waals surface area contributed by atoms with Crippen molar-refractivity contribution in [1.29, 1.82) is 5.41 Å². The molecule has 0 spiro atoms. The quantitative estimate of drug-likeness (QED) is 0.643. The van der Waals surface area contributed by atoms with E-state index in [0.717, 1.165) is 11.3 Å². The van der Waals surface area contributed by atoms with Crippen molar-refractivity contribution in [2.45, 2.75) is 44.9 Å². The van der Waals surface area contributed by atoms with Crippen LogP contribution in [-0.4, -0.2) is 19.8 Å². The zero-order valence-corrected chi connectivity index (χ0v) is 16.8. The highest BCUT2D eigenvalue weighted by Crippen LogP contribution is 2.43. The van der Waals surface area contributed by atoms with Gasteiger partial charge in [0.25, 0.3) is 0 Å². The van der Waals surface area contributed by atoms with Crippen molar-refractivity contribution in [3.63, 3.8) is 0 Å². The summed E-state index contributed by atoms with van der Waals surface area (Å²) in [5.74, 6) is 0.687. The SMILES string of the molecule is CC1=Cc2ccccc2C1c1ccc(N(C)C)cc1C(=N)C1CCCCC1. The summed E-state index contributed by atoms with van der Waals surface area (Å²) in [5.41, 5.74) is 8.58. The Morgan fingerprint density at radius 1 is 0.963 bits per heavy atom. The number of nitrogens with zero attached hydrogens (tertiary/aromatic N) is 1. The van der Waals surface area contributed by atoms with Crippen LogP contribution in [0.2, 0.25) is 0 Å². The van der Waals surface area contributed by atoms with Crippen molar-refractivity contribution in [3.8, 4) is 0 Å². The summed E-state index contributed by atoms with van der Waals surface area (Å²) in [4.78, 5) is 2.15. The molecule has 2 nitrogen and oxygen atoms in total. The maximum absolute atomic E-state index is 9.08. The molecule has 2 aliphatic rings. The number of fused-ring (bicyclic) bond motifs is 1. The van der Waals surface area contributed by atoms with E-state index in [1.165, 1.54) is 60.1 Å². The fourth-order valence-corrected chi connectivity index (χ4v) is 4.81. The van der Waals surface area contributed by atoms with E-state index in [4.69, 9.17) is 5.41 Å². The van der Waals surface area contributed by atoms with Gasteiger partial charge in [-0.2, -0.15) is 0 Å². The maximum atomic E-state index is 9.08. The summed E-state index contributed by atoms with van der Waals surface area (Å²) in [6.07, 6.45) is 8.50. The smallest absolute Gasteiger partial charge is 0.0420 e. The maximum Gasteiger partial charge on any atom is 0.0420 e. The second-order valence-corrected chi connectivity index (χ2v) is 8.36. The van der Waals surface area contributed by atoms with Crippen LogP contribution >= 0.6 is 0 Å².